The molecule has 0 unspecified atom stereocenters. The standard InChI is InChI=1S/2C30H28NO4P2S2.Ni/c2*1-29(2)21-5-13-25(14-6-21)32-36(38,33-26-15-7-22(29)8-16-26)31-37(39)34-27-17-9-23(10-18-27)30(3,4)24-11-19-28(35-37)20-12-24;/h2*5-20H,1-4H3;/q2*-1;+2. The molecule has 0 N–H and O–H groups in total. The molecule has 408 valence electrons. The maximum absolute atomic E-state index is 6.31. The van der Waals surface area contributed by atoms with Gasteiger partial charge in [-0.2, -0.15) is 0 Å². The van der Waals surface area contributed by atoms with Crippen LogP contribution in [0.4, 0.5) is 0 Å². The Labute approximate surface area is 494 Å². The van der Waals surface area contributed by atoms with Crippen LogP contribution < -0.4 is 36.2 Å². The molecule has 79 heavy (non-hydrogen) atoms. The molecule has 0 radical (unpaired) electrons. The summed E-state index contributed by atoms with van der Waals surface area (Å²) >= 11 is 24.0. The molecule has 24 rings (SSSR count). The van der Waals surface area contributed by atoms with Crippen molar-refractivity contribution in [1.82, 2.24) is 0 Å². The van der Waals surface area contributed by atoms with Crippen LogP contribution in [0.3, 0.4) is 0 Å². The molecule has 8 aromatic carbocycles. The average molecular weight is 1240 g/mol. The van der Waals surface area contributed by atoms with Gasteiger partial charge in [-0.15, -0.1) is 9.03 Å². The van der Waals surface area contributed by atoms with E-state index in [4.69, 9.17) is 93.3 Å². The Kier molecular flexibility index (Phi) is 15.6. The summed E-state index contributed by atoms with van der Waals surface area (Å²) in [6.07, 6.45) is 0. The van der Waals surface area contributed by atoms with Crippen LogP contribution in [0, 0.1) is 0 Å². The smallest absolute Gasteiger partial charge is 0.656 e. The molecular weight excluding hydrogens is 1190 g/mol. The van der Waals surface area contributed by atoms with Gasteiger partial charge in [0.1, 0.15) is 46.0 Å². The minimum atomic E-state index is -3.45. The van der Waals surface area contributed by atoms with Crippen molar-refractivity contribution in [3.05, 3.63) is 239 Å². The van der Waals surface area contributed by atoms with Gasteiger partial charge in [0.05, 0.1) is 0 Å². The van der Waals surface area contributed by atoms with Crippen LogP contribution in [0.25, 0.3) is 0 Å². The fourth-order valence-corrected chi connectivity index (χ4v) is 22.6. The zero-order valence-electron chi connectivity index (χ0n) is 44.4. The fourth-order valence-electron chi connectivity index (χ4n) is 9.68. The second-order valence-corrected chi connectivity index (χ2v) is 33.7. The Morgan fingerprint density at radius 3 is 0.532 bits per heavy atom. The zero-order chi connectivity index (χ0) is 54.9. The molecule has 16 bridgehead atoms. The monoisotopic (exact) mass is 1240 g/mol. The molecule has 8 aromatic rings. The van der Waals surface area contributed by atoms with Crippen LogP contribution in [-0.4, -0.2) is 0 Å². The van der Waals surface area contributed by atoms with E-state index in [1.54, 1.807) is 0 Å². The van der Waals surface area contributed by atoms with E-state index >= 15 is 0 Å². The van der Waals surface area contributed by atoms with Gasteiger partial charge in [-0.3, -0.25) is 0 Å². The number of nitrogens with zero attached hydrogens (tertiary/aromatic N) is 2. The van der Waals surface area contributed by atoms with E-state index < -0.39 is 26.7 Å². The van der Waals surface area contributed by atoms with E-state index in [2.05, 4.69) is 55.4 Å². The molecule has 0 saturated carbocycles. The first-order chi connectivity index (χ1) is 36.9. The van der Waals surface area contributed by atoms with Crippen LogP contribution in [-0.2, 0) is 86.3 Å². The van der Waals surface area contributed by atoms with E-state index in [0.717, 1.165) is 44.5 Å². The summed E-state index contributed by atoms with van der Waals surface area (Å²) in [6.45, 7) is 3.70. The minimum absolute atomic E-state index is 0. The third-order valence-electron chi connectivity index (χ3n) is 14.8. The predicted molar refractivity (Wildman–Crippen MR) is 327 cm³/mol. The molecule has 19 heteroatoms. The maximum atomic E-state index is 6.31. The summed E-state index contributed by atoms with van der Waals surface area (Å²) < 4.78 is 60.1. The molecule has 0 fully saturated rings. The van der Waals surface area contributed by atoms with Gasteiger partial charge in [0.15, 0.2) is 13.4 Å². The molecule has 0 aliphatic carbocycles. The third-order valence-corrected chi connectivity index (χ3v) is 26.3. The number of rotatable bonds is 2. The van der Waals surface area contributed by atoms with E-state index in [9.17, 15) is 0 Å². The van der Waals surface area contributed by atoms with E-state index in [1.165, 1.54) is 0 Å². The molecular formula is C60H56N2NiO8P4S4. The molecule has 0 aromatic heterocycles. The van der Waals surface area contributed by atoms with E-state index in [1.807, 2.05) is 194 Å². The van der Waals surface area contributed by atoms with Crippen molar-refractivity contribution < 1.29 is 52.7 Å². The first kappa shape index (κ1) is 57.4. The minimum Gasteiger partial charge on any atom is -0.656 e. The summed E-state index contributed by atoms with van der Waals surface area (Å²) in [5, 5.41) is 0. The van der Waals surface area contributed by atoms with Crippen molar-refractivity contribution in [2.75, 3.05) is 0 Å². The normalized spacial score (nSPS) is 18.9. The third kappa shape index (κ3) is 12.1. The summed E-state index contributed by atoms with van der Waals surface area (Å²) in [5.74, 6) is 4.36. The Hall–Kier alpha value is -4.89. The van der Waals surface area contributed by atoms with Crippen molar-refractivity contribution in [3.63, 3.8) is 0 Å². The van der Waals surface area contributed by atoms with Gasteiger partial charge in [0, 0.05) is 45.3 Å². The topological polar surface area (TPSA) is 98.6 Å². The van der Waals surface area contributed by atoms with Crippen molar-refractivity contribution in [3.8, 4) is 46.0 Å². The van der Waals surface area contributed by atoms with Crippen molar-refractivity contribution >= 4 is 74.8 Å². The van der Waals surface area contributed by atoms with Gasteiger partial charge in [-0.1, -0.05) is 152 Å². The molecule has 10 nitrogen and oxygen atoms in total. The van der Waals surface area contributed by atoms with Gasteiger partial charge in [0.2, 0.25) is 0 Å². The summed E-state index contributed by atoms with van der Waals surface area (Å²) in [7, 11) is 0. The molecule has 0 amide bonds. The summed E-state index contributed by atoms with van der Waals surface area (Å²) in [6, 6.07) is 62.9. The first-order valence-electron chi connectivity index (χ1n) is 25.2. The average Bonchev–Trinajstić information content (AvgIpc) is 3.47. The Morgan fingerprint density at radius 2 is 0.392 bits per heavy atom. The van der Waals surface area contributed by atoms with Crippen LogP contribution >= 0.6 is 26.7 Å². The Bertz CT molecular complexity index is 3300. The summed E-state index contributed by atoms with van der Waals surface area (Å²) in [5.41, 5.74) is 8.49. The van der Waals surface area contributed by atoms with Crippen LogP contribution in [0.1, 0.15) is 99.9 Å². The fraction of sp³-hybridized carbons (Fsp3) is 0.200. The molecule has 16 heterocycles. The predicted octanol–water partition coefficient (Wildman–Crippen LogP) is 18.6. The zero-order valence-corrected chi connectivity index (χ0v) is 52.2. The second-order valence-electron chi connectivity index (χ2n) is 21.5. The van der Waals surface area contributed by atoms with Gasteiger partial charge < -0.3 is 60.7 Å². The molecule has 16 aliphatic heterocycles. The van der Waals surface area contributed by atoms with Gasteiger partial charge in [-0.25, -0.2) is 0 Å². The van der Waals surface area contributed by atoms with E-state index in [0.29, 0.717) is 46.0 Å². The quantitative estimate of drug-likeness (QED) is 0.0936. The number of hydrogen-bond acceptors (Lipinski definition) is 12. The number of benzene rings is 8. The Morgan fingerprint density at radius 1 is 0.266 bits per heavy atom. The second kappa shape index (κ2) is 21.5. The van der Waals surface area contributed by atoms with Crippen LogP contribution in [0.2, 0.25) is 0 Å². The van der Waals surface area contributed by atoms with Gasteiger partial charge in [-0.05, 0) is 142 Å². The van der Waals surface area contributed by atoms with E-state index in [-0.39, 0.29) is 38.2 Å². The largest absolute Gasteiger partial charge is 2.00 e. The van der Waals surface area contributed by atoms with Crippen LogP contribution in [0.5, 0.6) is 46.0 Å². The van der Waals surface area contributed by atoms with Crippen molar-refractivity contribution in [1.29, 1.82) is 0 Å². The molecule has 0 saturated heterocycles. The molecule has 0 atom stereocenters. The van der Waals surface area contributed by atoms with Crippen molar-refractivity contribution in [2.45, 2.75) is 77.0 Å². The first-order valence-corrected chi connectivity index (χ1v) is 35.6. The summed E-state index contributed by atoms with van der Waals surface area (Å²) in [4.78, 5) is 0. The van der Waals surface area contributed by atoms with Crippen molar-refractivity contribution in [2.24, 2.45) is 9.03 Å². The number of hydrogen-bond donors (Lipinski definition) is 0. The Balaban J connectivity index is 0.000000176. The van der Waals surface area contributed by atoms with Gasteiger partial charge >= 0.3 is 29.8 Å². The molecule has 16 aliphatic rings. The molecule has 0 spiro atoms. The SMILES string of the molecule is CC1(C)c2ccc(cc2)OP(=S)(N=P2([S-])Oc3ccc(cc3)C(C)(C)c3ccc(cc3)O2)Oc2ccc1cc2.CC1(C)c2ccc(cc2)OP(=S)(N=P2([S-])Oc3ccc(cc3)C(C)(C)c3ccc(cc3)O2)Oc2ccc1cc2.[Ni+2]. The maximum Gasteiger partial charge on any atom is 2.00 e. The van der Waals surface area contributed by atoms with Gasteiger partial charge in [0.25, 0.3) is 0 Å². The van der Waals surface area contributed by atoms with Crippen LogP contribution in [0.15, 0.2) is 203 Å².